The van der Waals surface area contributed by atoms with Gasteiger partial charge in [-0.25, -0.2) is 17.6 Å². The van der Waals surface area contributed by atoms with Gasteiger partial charge in [-0.3, -0.25) is 4.72 Å². The normalized spacial score (nSPS) is 11.4. The Morgan fingerprint density at radius 3 is 2.67 bits per heavy atom. The molecular formula is C16H12ClFN4O4S. The van der Waals surface area contributed by atoms with Gasteiger partial charge in [-0.2, -0.15) is 0 Å². The summed E-state index contributed by atoms with van der Waals surface area (Å²) < 4.78 is 42.9. The first-order valence-electron chi connectivity index (χ1n) is 7.38. The van der Waals surface area contributed by atoms with E-state index in [0.717, 1.165) is 0 Å². The van der Waals surface area contributed by atoms with Gasteiger partial charge in [0.15, 0.2) is 5.82 Å². The molecule has 3 aromatic rings. The molecule has 0 aliphatic rings. The molecule has 0 radical (unpaired) electrons. The highest BCUT2D eigenvalue weighted by atomic mass is 35.5. The van der Waals surface area contributed by atoms with Gasteiger partial charge >= 0.3 is 5.97 Å². The number of nitrogens with zero attached hydrogens (tertiary/aromatic N) is 3. The zero-order chi connectivity index (χ0) is 19.8. The number of aromatic nitrogens is 3. The second kappa shape index (κ2) is 6.97. The number of aromatic carboxylic acids is 1. The maximum absolute atomic E-state index is 13.6. The molecule has 0 spiro atoms. The third kappa shape index (κ3) is 3.76. The monoisotopic (exact) mass is 410 g/mol. The zero-order valence-electron chi connectivity index (χ0n) is 13.7. The number of hydrogen-bond acceptors (Lipinski definition) is 5. The summed E-state index contributed by atoms with van der Waals surface area (Å²) in [5.41, 5.74) is -0.00740. The largest absolute Gasteiger partial charge is 0.478 e. The number of rotatable bonds is 5. The van der Waals surface area contributed by atoms with Gasteiger partial charge in [-0.15, -0.1) is 10.2 Å². The summed E-state index contributed by atoms with van der Waals surface area (Å²) in [6.07, 6.45) is 1.50. The van der Waals surface area contributed by atoms with Crippen LogP contribution in [0.2, 0.25) is 5.02 Å². The maximum Gasteiger partial charge on any atom is 0.338 e. The van der Waals surface area contributed by atoms with Crippen LogP contribution in [0.4, 0.5) is 10.1 Å². The molecule has 0 saturated heterocycles. The van der Waals surface area contributed by atoms with E-state index in [2.05, 4.69) is 14.9 Å². The van der Waals surface area contributed by atoms with Gasteiger partial charge in [0.1, 0.15) is 17.0 Å². The summed E-state index contributed by atoms with van der Waals surface area (Å²) in [5.74, 6) is -2.22. The van der Waals surface area contributed by atoms with Crippen molar-refractivity contribution in [2.24, 2.45) is 7.05 Å². The minimum Gasteiger partial charge on any atom is -0.478 e. The summed E-state index contributed by atoms with van der Waals surface area (Å²) in [4.78, 5) is 10.5. The Morgan fingerprint density at radius 1 is 1.30 bits per heavy atom. The summed E-state index contributed by atoms with van der Waals surface area (Å²) in [5, 5.41) is 16.3. The summed E-state index contributed by atoms with van der Waals surface area (Å²) in [7, 11) is -2.53. The molecule has 0 atom stereocenters. The van der Waals surface area contributed by atoms with Crippen LogP contribution in [0.25, 0.3) is 11.4 Å². The van der Waals surface area contributed by atoms with E-state index >= 15 is 0 Å². The molecule has 2 aromatic carbocycles. The molecule has 0 bridgehead atoms. The van der Waals surface area contributed by atoms with Crippen LogP contribution in [-0.4, -0.2) is 34.3 Å². The lowest BCUT2D eigenvalue weighted by molar-refractivity contribution is 0.0691. The fourth-order valence-corrected chi connectivity index (χ4v) is 3.97. The van der Waals surface area contributed by atoms with E-state index in [1.54, 1.807) is 23.7 Å². The van der Waals surface area contributed by atoms with Gasteiger partial charge in [0.25, 0.3) is 10.0 Å². The fraction of sp³-hybridized carbons (Fsp3) is 0.0625. The predicted molar refractivity (Wildman–Crippen MR) is 95.6 cm³/mol. The van der Waals surface area contributed by atoms with Crippen LogP contribution in [-0.2, 0) is 17.1 Å². The van der Waals surface area contributed by atoms with Crippen molar-refractivity contribution < 1.29 is 22.7 Å². The highest BCUT2D eigenvalue weighted by molar-refractivity contribution is 7.92. The highest BCUT2D eigenvalue weighted by Gasteiger charge is 2.23. The average molecular weight is 411 g/mol. The van der Waals surface area contributed by atoms with Crippen LogP contribution < -0.4 is 4.72 Å². The summed E-state index contributed by atoms with van der Waals surface area (Å²) in [6, 6.07) is 7.67. The van der Waals surface area contributed by atoms with Gasteiger partial charge in [-0.1, -0.05) is 23.7 Å². The molecule has 8 nitrogen and oxygen atoms in total. The molecule has 0 unspecified atom stereocenters. The van der Waals surface area contributed by atoms with E-state index in [4.69, 9.17) is 16.7 Å². The van der Waals surface area contributed by atoms with E-state index in [0.29, 0.717) is 23.5 Å². The Kier molecular flexibility index (Phi) is 4.85. The first kappa shape index (κ1) is 18.8. The SMILES string of the molecule is Cn1cnnc1-c1cccc(NS(=O)(=O)c2cc(C(=O)O)c(F)cc2Cl)c1. The molecular weight excluding hydrogens is 399 g/mol. The number of halogens is 2. The van der Waals surface area contributed by atoms with Gasteiger partial charge in [0, 0.05) is 18.3 Å². The van der Waals surface area contributed by atoms with Crippen molar-refractivity contribution in [2.45, 2.75) is 4.90 Å². The predicted octanol–water partition coefficient (Wildman–Crippen LogP) is 2.77. The quantitative estimate of drug-likeness (QED) is 0.668. The van der Waals surface area contributed by atoms with Crippen LogP contribution in [0.15, 0.2) is 47.6 Å². The molecule has 0 saturated carbocycles. The number of carboxylic acids is 1. The molecule has 2 N–H and O–H groups in total. The third-order valence-corrected chi connectivity index (χ3v) is 5.47. The van der Waals surface area contributed by atoms with Crippen molar-refractivity contribution in [3.63, 3.8) is 0 Å². The third-order valence-electron chi connectivity index (χ3n) is 3.63. The number of anilines is 1. The Labute approximate surface area is 158 Å². The average Bonchev–Trinajstić information content (AvgIpc) is 3.00. The van der Waals surface area contributed by atoms with Crippen LogP contribution in [0.1, 0.15) is 10.4 Å². The van der Waals surface area contributed by atoms with Crippen molar-refractivity contribution in [1.29, 1.82) is 0 Å². The molecule has 3 rings (SSSR count). The smallest absolute Gasteiger partial charge is 0.338 e. The van der Waals surface area contributed by atoms with E-state index in [-0.39, 0.29) is 5.69 Å². The summed E-state index contributed by atoms with van der Waals surface area (Å²) in [6.45, 7) is 0. The molecule has 0 amide bonds. The first-order valence-corrected chi connectivity index (χ1v) is 9.25. The number of sulfonamides is 1. The molecule has 0 aliphatic heterocycles. The Morgan fingerprint density at radius 2 is 2.04 bits per heavy atom. The standard InChI is InChI=1S/C16H12ClFN4O4S/c1-22-8-19-20-15(22)9-3-2-4-10(5-9)21-27(25,26)14-6-11(16(23)24)13(18)7-12(14)17/h2-8,21H,1H3,(H,23,24). The minimum absolute atomic E-state index is 0.188. The number of aryl methyl sites for hydroxylation is 1. The lowest BCUT2D eigenvalue weighted by Gasteiger charge is -2.11. The van der Waals surface area contributed by atoms with Crippen molar-refractivity contribution in [2.75, 3.05) is 4.72 Å². The van der Waals surface area contributed by atoms with Gasteiger partial charge in [-0.05, 0) is 24.3 Å². The van der Waals surface area contributed by atoms with Crippen LogP contribution in [0.3, 0.4) is 0 Å². The molecule has 140 valence electrons. The van der Waals surface area contributed by atoms with Crippen molar-refractivity contribution in [3.05, 3.63) is 59.1 Å². The van der Waals surface area contributed by atoms with Crippen molar-refractivity contribution in [3.8, 4) is 11.4 Å². The molecule has 11 heteroatoms. The second-order valence-electron chi connectivity index (χ2n) is 5.52. The Hall–Kier alpha value is -2.98. The summed E-state index contributed by atoms with van der Waals surface area (Å²) >= 11 is 5.82. The number of nitrogens with one attached hydrogen (secondary N) is 1. The molecule has 27 heavy (non-hydrogen) atoms. The van der Waals surface area contributed by atoms with Crippen LogP contribution in [0.5, 0.6) is 0 Å². The van der Waals surface area contributed by atoms with Gasteiger partial charge in [0.05, 0.1) is 10.6 Å². The van der Waals surface area contributed by atoms with Crippen molar-refractivity contribution >= 4 is 33.3 Å². The van der Waals surface area contributed by atoms with E-state index in [1.165, 1.54) is 18.5 Å². The second-order valence-corrected chi connectivity index (χ2v) is 7.58. The van der Waals surface area contributed by atoms with E-state index in [1.807, 2.05) is 0 Å². The van der Waals surface area contributed by atoms with Crippen LogP contribution >= 0.6 is 11.6 Å². The first-order chi connectivity index (χ1) is 12.7. The van der Waals surface area contributed by atoms with Gasteiger partial charge < -0.3 is 9.67 Å². The van der Waals surface area contributed by atoms with Gasteiger partial charge in [0.2, 0.25) is 0 Å². The molecule has 1 heterocycles. The highest BCUT2D eigenvalue weighted by Crippen LogP contribution is 2.28. The van der Waals surface area contributed by atoms with E-state index < -0.39 is 37.3 Å². The number of hydrogen-bond donors (Lipinski definition) is 2. The molecule has 1 aromatic heterocycles. The number of benzene rings is 2. The maximum atomic E-state index is 13.6. The fourth-order valence-electron chi connectivity index (χ4n) is 2.38. The molecule has 0 aliphatic carbocycles. The van der Waals surface area contributed by atoms with Crippen LogP contribution in [0, 0.1) is 5.82 Å². The Bertz CT molecular complexity index is 1150. The molecule has 0 fully saturated rings. The zero-order valence-corrected chi connectivity index (χ0v) is 15.3. The topological polar surface area (TPSA) is 114 Å². The Balaban J connectivity index is 2.00. The minimum atomic E-state index is -4.27. The lowest BCUT2D eigenvalue weighted by Crippen LogP contribution is -2.15. The van der Waals surface area contributed by atoms with Crippen molar-refractivity contribution in [1.82, 2.24) is 14.8 Å². The number of carboxylic acid groups (broad SMARTS) is 1. The van der Waals surface area contributed by atoms with E-state index in [9.17, 15) is 17.6 Å². The number of carbonyl (C=O) groups is 1. The lowest BCUT2D eigenvalue weighted by atomic mass is 10.2.